The Labute approximate surface area is 195 Å². The summed E-state index contributed by atoms with van der Waals surface area (Å²) in [5.74, 6) is -6.41. The molecule has 0 radical (unpaired) electrons. The van der Waals surface area contributed by atoms with Gasteiger partial charge in [-0.2, -0.15) is 0 Å². The van der Waals surface area contributed by atoms with Crippen LogP contribution in [0.5, 0.6) is 17.2 Å². The maximum atomic E-state index is 13.0. The van der Waals surface area contributed by atoms with E-state index in [2.05, 4.69) is 0 Å². The van der Waals surface area contributed by atoms with E-state index in [1.807, 2.05) is 20.8 Å². The molecule has 1 aromatic carbocycles. The summed E-state index contributed by atoms with van der Waals surface area (Å²) in [4.78, 5) is 50.4. The van der Waals surface area contributed by atoms with Crippen molar-refractivity contribution in [2.24, 2.45) is 0 Å². The lowest BCUT2D eigenvalue weighted by molar-refractivity contribution is -0.134. The van der Waals surface area contributed by atoms with Crippen molar-refractivity contribution in [3.8, 4) is 17.2 Å². The number of hydrogen-bond acceptors (Lipinski definition) is 7. The Balaban J connectivity index is 3.62. The number of phenolic OH excluding ortho intramolecular Hbond substituents is 2. The SMILES string of the molecule is CCCCCC(=O)Oc1c(O)c(O)c(C(=O)CCCCC)c(C(=O)O)c1C(=O)CCCCC. The highest BCUT2D eigenvalue weighted by molar-refractivity contribution is 6.17. The van der Waals surface area contributed by atoms with Gasteiger partial charge in [0.25, 0.3) is 0 Å². The number of aromatic carboxylic acids is 1. The number of Topliss-reactive ketones (excluding diaryl/α,β-unsaturated/α-hetero) is 2. The predicted octanol–water partition coefficient (Wildman–Crippen LogP) is 5.81. The summed E-state index contributed by atoms with van der Waals surface area (Å²) in [6, 6.07) is 0. The Hall–Kier alpha value is -2.90. The molecule has 0 saturated heterocycles. The minimum atomic E-state index is -1.62. The fraction of sp³-hybridized carbons (Fsp3) is 0.600. The fourth-order valence-corrected chi connectivity index (χ4v) is 3.56. The molecule has 33 heavy (non-hydrogen) atoms. The molecule has 3 N–H and O–H groups in total. The number of aromatic hydroxyl groups is 2. The van der Waals surface area contributed by atoms with Crippen molar-refractivity contribution in [3.05, 3.63) is 16.7 Å². The molecule has 1 rings (SSSR count). The van der Waals surface area contributed by atoms with Gasteiger partial charge < -0.3 is 20.1 Å². The van der Waals surface area contributed by atoms with Crippen LogP contribution in [0, 0.1) is 0 Å². The van der Waals surface area contributed by atoms with Crippen molar-refractivity contribution >= 4 is 23.5 Å². The van der Waals surface area contributed by atoms with Gasteiger partial charge in [0, 0.05) is 19.3 Å². The van der Waals surface area contributed by atoms with Gasteiger partial charge in [-0.05, 0) is 19.3 Å². The van der Waals surface area contributed by atoms with Gasteiger partial charge in [0.05, 0.1) is 16.7 Å². The second kappa shape index (κ2) is 14.3. The van der Waals surface area contributed by atoms with Crippen LogP contribution in [-0.4, -0.2) is 38.8 Å². The van der Waals surface area contributed by atoms with Crippen LogP contribution in [0.3, 0.4) is 0 Å². The molecule has 0 heterocycles. The average molecular weight is 465 g/mol. The number of ketones is 2. The number of unbranched alkanes of at least 4 members (excludes halogenated alkanes) is 6. The van der Waals surface area contributed by atoms with Gasteiger partial charge in [-0.1, -0.05) is 59.3 Å². The lowest BCUT2D eigenvalue weighted by Gasteiger charge is -2.18. The summed E-state index contributed by atoms with van der Waals surface area (Å²) in [6.07, 6.45) is 6.03. The number of carbonyl (C=O) groups excluding carboxylic acids is 3. The molecule has 1 aromatic rings. The van der Waals surface area contributed by atoms with E-state index in [1.54, 1.807) is 0 Å². The molecule has 0 atom stereocenters. The van der Waals surface area contributed by atoms with Crippen molar-refractivity contribution in [3.63, 3.8) is 0 Å². The van der Waals surface area contributed by atoms with Crippen LogP contribution < -0.4 is 4.74 Å². The second-order valence-corrected chi connectivity index (χ2v) is 8.15. The Kier molecular flexibility index (Phi) is 12.2. The molecule has 0 aromatic heterocycles. The van der Waals surface area contributed by atoms with E-state index in [9.17, 15) is 34.5 Å². The zero-order valence-corrected chi connectivity index (χ0v) is 19.9. The Bertz CT molecular complexity index is 857. The zero-order chi connectivity index (χ0) is 25.0. The molecule has 8 heteroatoms. The summed E-state index contributed by atoms with van der Waals surface area (Å²) in [5, 5.41) is 31.0. The van der Waals surface area contributed by atoms with Crippen molar-refractivity contribution in [1.29, 1.82) is 0 Å². The van der Waals surface area contributed by atoms with Crippen molar-refractivity contribution in [2.75, 3.05) is 0 Å². The van der Waals surface area contributed by atoms with Gasteiger partial charge in [-0.3, -0.25) is 14.4 Å². The van der Waals surface area contributed by atoms with E-state index in [4.69, 9.17) is 4.74 Å². The topological polar surface area (TPSA) is 138 Å². The van der Waals surface area contributed by atoms with Crippen LogP contribution >= 0.6 is 0 Å². The summed E-state index contributed by atoms with van der Waals surface area (Å²) in [7, 11) is 0. The van der Waals surface area contributed by atoms with Gasteiger partial charge in [0.2, 0.25) is 5.75 Å². The number of phenols is 2. The number of carboxylic acid groups (broad SMARTS) is 1. The number of ether oxygens (including phenoxy) is 1. The summed E-state index contributed by atoms with van der Waals surface area (Å²) in [5.41, 5.74) is -1.90. The van der Waals surface area contributed by atoms with E-state index in [1.165, 1.54) is 0 Å². The Morgan fingerprint density at radius 2 is 1.09 bits per heavy atom. The maximum Gasteiger partial charge on any atom is 0.337 e. The predicted molar refractivity (Wildman–Crippen MR) is 123 cm³/mol. The average Bonchev–Trinajstić information content (AvgIpc) is 2.76. The van der Waals surface area contributed by atoms with Crippen LogP contribution in [0.2, 0.25) is 0 Å². The smallest absolute Gasteiger partial charge is 0.337 e. The molecule has 0 unspecified atom stereocenters. The van der Waals surface area contributed by atoms with Gasteiger partial charge in [0.15, 0.2) is 23.1 Å². The maximum absolute atomic E-state index is 13.0. The number of benzene rings is 1. The van der Waals surface area contributed by atoms with E-state index in [0.29, 0.717) is 25.7 Å². The van der Waals surface area contributed by atoms with Gasteiger partial charge in [-0.15, -0.1) is 0 Å². The van der Waals surface area contributed by atoms with Crippen LogP contribution in [-0.2, 0) is 4.79 Å². The van der Waals surface area contributed by atoms with E-state index < -0.39 is 57.4 Å². The third-order valence-corrected chi connectivity index (χ3v) is 5.39. The minimum absolute atomic E-state index is 0.00237. The summed E-state index contributed by atoms with van der Waals surface area (Å²) >= 11 is 0. The molecule has 0 spiro atoms. The number of hydrogen-bond donors (Lipinski definition) is 3. The third kappa shape index (κ3) is 7.87. The largest absolute Gasteiger partial charge is 0.504 e. The van der Waals surface area contributed by atoms with Crippen molar-refractivity contribution in [1.82, 2.24) is 0 Å². The molecule has 0 bridgehead atoms. The van der Waals surface area contributed by atoms with Crippen LogP contribution in [0.15, 0.2) is 0 Å². The lowest BCUT2D eigenvalue weighted by atomic mass is 9.89. The molecule has 0 aliphatic rings. The summed E-state index contributed by atoms with van der Waals surface area (Å²) < 4.78 is 5.21. The minimum Gasteiger partial charge on any atom is -0.504 e. The first-order valence-electron chi connectivity index (χ1n) is 11.8. The molecule has 184 valence electrons. The second-order valence-electron chi connectivity index (χ2n) is 8.15. The van der Waals surface area contributed by atoms with Crippen LogP contribution in [0.1, 0.15) is 129 Å². The molecule has 0 aliphatic carbocycles. The monoisotopic (exact) mass is 464 g/mol. The summed E-state index contributed by atoms with van der Waals surface area (Å²) in [6.45, 7) is 5.83. The molecule has 0 fully saturated rings. The molecule has 0 aliphatic heterocycles. The number of esters is 1. The van der Waals surface area contributed by atoms with Crippen LogP contribution in [0.25, 0.3) is 0 Å². The first-order chi connectivity index (χ1) is 15.7. The number of carbonyl (C=O) groups is 4. The fourth-order valence-electron chi connectivity index (χ4n) is 3.56. The van der Waals surface area contributed by atoms with E-state index in [0.717, 1.165) is 32.1 Å². The molecular weight excluding hydrogens is 428 g/mol. The highest BCUT2D eigenvalue weighted by atomic mass is 16.5. The highest BCUT2D eigenvalue weighted by Gasteiger charge is 2.35. The van der Waals surface area contributed by atoms with E-state index >= 15 is 0 Å². The van der Waals surface area contributed by atoms with Gasteiger partial charge >= 0.3 is 11.9 Å². The molecule has 8 nitrogen and oxygen atoms in total. The number of carboxylic acids is 1. The van der Waals surface area contributed by atoms with Crippen molar-refractivity contribution < 1.29 is 39.2 Å². The van der Waals surface area contributed by atoms with Gasteiger partial charge in [0.1, 0.15) is 0 Å². The quantitative estimate of drug-likeness (QED) is 0.0916. The lowest BCUT2D eigenvalue weighted by Crippen LogP contribution is -2.19. The molecule has 0 amide bonds. The van der Waals surface area contributed by atoms with E-state index in [-0.39, 0.29) is 19.3 Å². The first-order valence-corrected chi connectivity index (χ1v) is 11.8. The molecule has 0 saturated carbocycles. The highest BCUT2D eigenvalue weighted by Crippen LogP contribution is 2.45. The zero-order valence-electron chi connectivity index (χ0n) is 19.9. The third-order valence-electron chi connectivity index (χ3n) is 5.39. The van der Waals surface area contributed by atoms with Gasteiger partial charge in [-0.25, -0.2) is 4.79 Å². The van der Waals surface area contributed by atoms with Crippen LogP contribution in [0.4, 0.5) is 0 Å². The standard InChI is InChI=1S/C25H36O8/c1-4-7-10-13-16(26)19-21(25(31)32)20(17(27)14-11-8-5-2)24(23(30)22(19)29)33-18(28)15-12-9-6-3/h29-30H,4-15H2,1-3H3,(H,31,32). The normalized spacial score (nSPS) is 10.8. The van der Waals surface area contributed by atoms with Crippen molar-refractivity contribution in [2.45, 2.75) is 97.8 Å². The molecular formula is C25H36O8. The first kappa shape index (κ1) is 28.1. The Morgan fingerprint density at radius 1 is 0.636 bits per heavy atom. The number of rotatable bonds is 16. The Morgan fingerprint density at radius 3 is 1.55 bits per heavy atom.